The number of ether oxygens (including phenoxy) is 1. The highest BCUT2D eigenvalue weighted by molar-refractivity contribution is 5.88. The lowest BCUT2D eigenvalue weighted by molar-refractivity contribution is 0.0697. The summed E-state index contributed by atoms with van der Waals surface area (Å²) < 4.78 is 10.6. The molecular formula is C16H13N3O4. The molecule has 0 atom stereocenters. The minimum Gasteiger partial charge on any atom is -0.497 e. The van der Waals surface area contributed by atoms with E-state index in [1.54, 1.807) is 19.2 Å². The van der Waals surface area contributed by atoms with Crippen LogP contribution in [0.25, 0.3) is 11.5 Å². The summed E-state index contributed by atoms with van der Waals surface area (Å²) in [6.45, 7) is 0. The maximum atomic E-state index is 10.8. The fourth-order valence-electron chi connectivity index (χ4n) is 1.94. The molecule has 0 aliphatic carbocycles. The molecule has 23 heavy (non-hydrogen) atoms. The topological polar surface area (TPSA) is 97.5 Å². The van der Waals surface area contributed by atoms with E-state index in [0.29, 0.717) is 11.5 Å². The summed E-state index contributed by atoms with van der Waals surface area (Å²) in [6.07, 6.45) is 0. The van der Waals surface area contributed by atoms with Crippen LogP contribution in [0.15, 0.2) is 52.9 Å². The van der Waals surface area contributed by atoms with E-state index >= 15 is 0 Å². The number of nitrogens with zero attached hydrogens (tertiary/aromatic N) is 2. The Morgan fingerprint density at radius 2 is 1.78 bits per heavy atom. The molecule has 0 amide bonds. The highest BCUT2D eigenvalue weighted by atomic mass is 16.5. The Balaban J connectivity index is 1.75. The highest BCUT2D eigenvalue weighted by Crippen LogP contribution is 2.23. The molecule has 0 radical (unpaired) electrons. The van der Waals surface area contributed by atoms with E-state index in [9.17, 15) is 4.79 Å². The van der Waals surface area contributed by atoms with Gasteiger partial charge < -0.3 is 19.6 Å². The van der Waals surface area contributed by atoms with Crippen LogP contribution >= 0.6 is 0 Å². The Bertz CT molecular complexity index is 810. The van der Waals surface area contributed by atoms with E-state index < -0.39 is 5.97 Å². The van der Waals surface area contributed by atoms with E-state index in [1.807, 2.05) is 24.3 Å². The van der Waals surface area contributed by atoms with E-state index in [1.165, 1.54) is 12.1 Å². The summed E-state index contributed by atoms with van der Waals surface area (Å²) in [5.41, 5.74) is 1.62. The van der Waals surface area contributed by atoms with Crippen molar-refractivity contribution in [1.29, 1.82) is 0 Å². The van der Waals surface area contributed by atoms with Gasteiger partial charge in [-0.05, 0) is 48.5 Å². The van der Waals surface area contributed by atoms with E-state index in [0.717, 1.165) is 11.4 Å². The van der Waals surface area contributed by atoms with Crippen LogP contribution in [0.3, 0.4) is 0 Å². The Hall–Kier alpha value is -3.35. The minimum atomic E-state index is -0.982. The standard InChI is InChI=1S/C16H13N3O4/c1-22-13-8-6-12(7-9-13)17-16-19-18-14(23-16)10-2-4-11(5-3-10)15(20)21/h2-9H,1H3,(H,17,19)(H,20,21). The second-order valence-corrected chi connectivity index (χ2v) is 4.65. The van der Waals surface area contributed by atoms with E-state index in [2.05, 4.69) is 15.5 Å². The van der Waals surface area contributed by atoms with Gasteiger partial charge in [0.1, 0.15) is 5.75 Å². The van der Waals surface area contributed by atoms with Crippen LogP contribution in [0.5, 0.6) is 5.75 Å². The summed E-state index contributed by atoms with van der Waals surface area (Å²) in [5, 5.41) is 19.7. The molecule has 116 valence electrons. The summed E-state index contributed by atoms with van der Waals surface area (Å²) in [6, 6.07) is 13.7. The number of carboxylic acids is 1. The number of anilines is 2. The highest BCUT2D eigenvalue weighted by Gasteiger charge is 2.10. The molecule has 0 aliphatic heterocycles. The number of aromatic carboxylic acids is 1. The molecule has 0 saturated heterocycles. The summed E-state index contributed by atoms with van der Waals surface area (Å²) >= 11 is 0. The summed E-state index contributed by atoms with van der Waals surface area (Å²) in [4.78, 5) is 10.8. The third kappa shape index (κ3) is 3.29. The predicted molar refractivity (Wildman–Crippen MR) is 83.0 cm³/mol. The Kier molecular flexibility index (Phi) is 3.92. The van der Waals surface area contributed by atoms with Gasteiger partial charge >= 0.3 is 12.0 Å². The molecule has 2 aromatic carbocycles. The van der Waals surface area contributed by atoms with Crippen molar-refractivity contribution in [2.45, 2.75) is 0 Å². The number of aromatic nitrogens is 2. The van der Waals surface area contributed by atoms with Gasteiger partial charge in [0.2, 0.25) is 5.89 Å². The van der Waals surface area contributed by atoms with Crippen molar-refractivity contribution in [1.82, 2.24) is 10.2 Å². The van der Waals surface area contributed by atoms with Crippen molar-refractivity contribution >= 4 is 17.7 Å². The number of nitrogens with one attached hydrogen (secondary N) is 1. The van der Waals surface area contributed by atoms with Gasteiger partial charge in [0.25, 0.3) is 0 Å². The average molecular weight is 311 g/mol. The lowest BCUT2D eigenvalue weighted by Crippen LogP contribution is -1.94. The lowest BCUT2D eigenvalue weighted by atomic mass is 10.1. The number of hydrogen-bond donors (Lipinski definition) is 2. The second-order valence-electron chi connectivity index (χ2n) is 4.65. The van der Waals surface area contributed by atoms with Crippen LogP contribution in [0, 0.1) is 0 Å². The molecule has 2 N–H and O–H groups in total. The first-order valence-corrected chi connectivity index (χ1v) is 6.74. The molecule has 0 unspecified atom stereocenters. The van der Waals surface area contributed by atoms with Crippen molar-refractivity contribution < 1.29 is 19.1 Å². The van der Waals surface area contributed by atoms with Crippen LogP contribution in [0.2, 0.25) is 0 Å². The first-order valence-electron chi connectivity index (χ1n) is 6.74. The summed E-state index contributed by atoms with van der Waals surface area (Å²) in [5.74, 6) is 0.0715. The van der Waals surface area contributed by atoms with Gasteiger partial charge in [0.05, 0.1) is 12.7 Å². The molecule has 7 heteroatoms. The molecule has 0 fully saturated rings. The van der Waals surface area contributed by atoms with E-state index in [4.69, 9.17) is 14.3 Å². The molecule has 7 nitrogen and oxygen atoms in total. The molecule has 0 bridgehead atoms. The fraction of sp³-hybridized carbons (Fsp3) is 0.0625. The van der Waals surface area contributed by atoms with Crippen LogP contribution in [-0.4, -0.2) is 28.4 Å². The molecule has 0 saturated carbocycles. The second kappa shape index (κ2) is 6.18. The fourth-order valence-corrected chi connectivity index (χ4v) is 1.94. The maximum Gasteiger partial charge on any atom is 0.335 e. The van der Waals surface area contributed by atoms with Crippen molar-refractivity contribution in [3.05, 3.63) is 54.1 Å². The molecule has 1 aromatic heterocycles. The van der Waals surface area contributed by atoms with Gasteiger partial charge in [-0.15, -0.1) is 5.10 Å². The molecule has 3 rings (SSSR count). The molecule has 1 heterocycles. The lowest BCUT2D eigenvalue weighted by Gasteiger charge is -2.02. The van der Waals surface area contributed by atoms with Crippen LogP contribution < -0.4 is 10.1 Å². The monoisotopic (exact) mass is 311 g/mol. The number of rotatable bonds is 5. The SMILES string of the molecule is COc1ccc(Nc2nnc(-c3ccc(C(=O)O)cc3)o2)cc1. The van der Waals surface area contributed by atoms with Crippen molar-refractivity contribution in [3.63, 3.8) is 0 Å². The Morgan fingerprint density at radius 3 is 2.39 bits per heavy atom. The smallest absolute Gasteiger partial charge is 0.335 e. The van der Waals surface area contributed by atoms with E-state index in [-0.39, 0.29) is 11.6 Å². The van der Waals surface area contributed by atoms with Gasteiger partial charge in [0, 0.05) is 11.3 Å². The van der Waals surface area contributed by atoms with Gasteiger partial charge in [0.15, 0.2) is 0 Å². The first-order chi connectivity index (χ1) is 11.2. The third-order valence-electron chi connectivity index (χ3n) is 3.15. The number of carbonyl (C=O) groups is 1. The number of methoxy groups -OCH3 is 1. The molecular weight excluding hydrogens is 298 g/mol. The van der Waals surface area contributed by atoms with Gasteiger partial charge in [-0.25, -0.2) is 4.79 Å². The Morgan fingerprint density at radius 1 is 1.09 bits per heavy atom. The largest absolute Gasteiger partial charge is 0.497 e. The number of carboxylic acid groups (broad SMARTS) is 1. The Labute approximate surface area is 131 Å². The zero-order valence-corrected chi connectivity index (χ0v) is 12.2. The van der Waals surface area contributed by atoms with Gasteiger partial charge in [-0.2, -0.15) is 0 Å². The van der Waals surface area contributed by atoms with Crippen molar-refractivity contribution in [2.75, 3.05) is 12.4 Å². The van der Waals surface area contributed by atoms with Crippen LogP contribution in [0.1, 0.15) is 10.4 Å². The first kappa shape index (κ1) is 14.6. The minimum absolute atomic E-state index is 0.199. The molecule has 0 spiro atoms. The van der Waals surface area contributed by atoms with Gasteiger partial charge in [-0.1, -0.05) is 5.10 Å². The zero-order valence-electron chi connectivity index (χ0n) is 12.2. The quantitative estimate of drug-likeness (QED) is 0.746. The summed E-state index contributed by atoms with van der Waals surface area (Å²) in [7, 11) is 1.60. The normalized spacial score (nSPS) is 10.3. The van der Waals surface area contributed by atoms with Crippen LogP contribution in [0.4, 0.5) is 11.7 Å². The van der Waals surface area contributed by atoms with Crippen molar-refractivity contribution in [2.24, 2.45) is 0 Å². The molecule has 3 aromatic rings. The maximum absolute atomic E-state index is 10.8. The van der Waals surface area contributed by atoms with Crippen LogP contribution in [-0.2, 0) is 0 Å². The number of hydrogen-bond acceptors (Lipinski definition) is 6. The van der Waals surface area contributed by atoms with Gasteiger partial charge in [-0.3, -0.25) is 0 Å². The average Bonchev–Trinajstić information content (AvgIpc) is 3.04. The zero-order chi connectivity index (χ0) is 16.2. The van der Waals surface area contributed by atoms with Crippen molar-refractivity contribution in [3.8, 4) is 17.2 Å². The number of benzene rings is 2. The predicted octanol–water partition coefficient (Wildman–Crippen LogP) is 3.19. The third-order valence-corrected chi connectivity index (χ3v) is 3.15. The molecule has 0 aliphatic rings.